The summed E-state index contributed by atoms with van der Waals surface area (Å²) in [6.45, 7) is 1.67. The Morgan fingerprint density at radius 1 is 0.955 bits per heavy atom. The minimum atomic E-state index is 0.454. The van der Waals surface area contributed by atoms with Gasteiger partial charge in [-0.15, -0.1) is 0 Å². The fourth-order valence-electron chi connectivity index (χ4n) is 2.06. The fraction of sp³-hybridized carbons (Fsp3) is 0.294. The van der Waals surface area contributed by atoms with Crippen LogP contribution in [0.15, 0.2) is 46.9 Å². The molecule has 0 fully saturated rings. The summed E-state index contributed by atoms with van der Waals surface area (Å²) in [6.07, 6.45) is 0. The maximum absolute atomic E-state index is 5.81. The van der Waals surface area contributed by atoms with Crippen LogP contribution >= 0.6 is 15.9 Å². The van der Waals surface area contributed by atoms with Crippen LogP contribution < -0.4 is 19.5 Å². The van der Waals surface area contributed by atoms with E-state index in [2.05, 4.69) is 21.2 Å². The van der Waals surface area contributed by atoms with Crippen molar-refractivity contribution in [2.75, 3.05) is 27.4 Å². The number of ether oxygens (including phenoxy) is 3. The Hall–Kier alpha value is -1.72. The van der Waals surface area contributed by atoms with E-state index < -0.39 is 0 Å². The Kier molecular flexibility index (Phi) is 6.55. The zero-order valence-electron chi connectivity index (χ0n) is 12.8. The van der Waals surface area contributed by atoms with Crippen LogP contribution in [0, 0.1) is 0 Å². The molecule has 5 heteroatoms. The Bertz CT molecular complexity index is 604. The molecule has 0 aliphatic rings. The van der Waals surface area contributed by atoms with Crippen LogP contribution in [0.25, 0.3) is 0 Å². The van der Waals surface area contributed by atoms with Gasteiger partial charge < -0.3 is 19.5 Å². The third kappa shape index (κ3) is 4.64. The summed E-state index contributed by atoms with van der Waals surface area (Å²) >= 11 is 3.47. The SMILES string of the molecule is CNCc1cc(Br)ccc1OCCOc1ccccc1OC. The summed E-state index contributed by atoms with van der Waals surface area (Å²) in [5.41, 5.74) is 1.11. The highest BCUT2D eigenvalue weighted by Crippen LogP contribution is 2.26. The quantitative estimate of drug-likeness (QED) is 0.725. The Balaban J connectivity index is 1.89. The lowest BCUT2D eigenvalue weighted by atomic mass is 10.2. The summed E-state index contributed by atoms with van der Waals surface area (Å²) in [4.78, 5) is 0. The van der Waals surface area contributed by atoms with Gasteiger partial charge in [0.25, 0.3) is 0 Å². The number of methoxy groups -OCH3 is 1. The van der Waals surface area contributed by atoms with Gasteiger partial charge >= 0.3 is 0 Å². The molecule has 1 N–H and O–H groups in total. The van der Waals surface area contributed by atoms with Crippen LogP contribution in [0.5, 0.6) is 17.2 Å². The highest BCUT2D eigenvalue weighted by Gasteiger charge is 2.05. The molecule has 0 aliphatic carbocycles. The molecule has 0 heterocycles. The fourth-order valence-corrected chi connectivity index (χ4v) is 2.47. The first-order valence-corrected chi connectivity index (χ1v) is 7.85. The predicted octanol–water partition coefficient (Wildman–Crippen LogP) is 3.63. The molecule has 0 radical (unpaired) electrons. The predicted molar refractivity (Wildman–Crippen MR) is 90.9 cm³/mol. The van der Waals surface area contributed by atoms with Gasteiger partial charge in [-0.05, 0) is 37.4 Å². The van der Waals surface area contributed by atoms with E-state index in [1.165, 1.54) is 0 Å². The van der Waals surface area contributed by atoms with E-state index >= 15 is 0 Å². The minimum absolute atomic E-state index is 0.454. The average molecular weight is 366 g/mol. The molecule has 0 saturated carbocycles. The smallest absolute Gasteiger partial charge is 0.161 e. The first-order valence-electron chi connectivity index (χ1n) is 7.06. The van der Waals surface area contributed by atoms with Crippen molar-refractivity contribution in [2.24, 2.45) is 0 Å². The van der Waals surface area contributed by atoms with E-state index in [0.717, 1.165) is 33.8 Å². The molecule has 22 heavy (non-hydrogen) atoms. The number of para-hydroxylation sites is 2. The van der Waals surface area contributed by atoms with Gasteiger partial charge in [0.2, 0.25) is 0 Å². The van der Waals surface area contributed by atoms with Crippen molar-refractivity contribution in [2.45, 2.75) is 6.54 Å². The maximum Gasteiger partial charge on any atom is 0.161 e. The van der Waals surface area contributed by atoms with Crippen LogP contribution in [-0.4, -0.2) is 27.4 Å². The molecule has 0 aliphatic heterocycles. The van der Waals surface area contributed by atoms with Gasteiger partial charge in [0.05, 0.1) is 7.11 Å². The molecule has 2 rings (SSSR count). The first kappa shape index (κ1) is 16.6. The number of halogens is 1. The van der Waals surface area contributed by atoms with E-state index in [0.29, 0.717) is 13.2 Å². The molecule has 0 unspecified atom stereocenters. The first-order chi connectivity index (χ1) is 10.7. The van der Waals surface area contributed by atoms with Crippen LogP contribution in [0.2, 0.25) is 0 Å². The highest BCUT2D eigenvalue weighted by molar-refractivity contribution is 9.10. The zero-order chi connectivity index (χ0) is 15.8. The van der Waals surface area contributed by atoms with E-state index in [4.69, 9.17) is 14.2 Å². The summed E-state index contributed by atoms with van der Waals surface area (Å²) < 4.78 is 17.8. The van der Waals surface area contributed by atoms with Crippen molar-refractivity contribution in [1.29, 1.82) is 0 Å². The van der Waals surface area contributed by atoms with Gasteiger partial charge in [0, 0.05) is 16.6 Å². The minimum Gasteiger partial charge on any atom is -0.493 e. The van der Waals surface area contributed by atoms with Crippen LogP contribution in [0.3, 0.4) is 0 Å². The van der Waals surface area contributed by atoms with Gasteiger partial charge in [-0.3, -0.25) is 0 Å². The number of hydrogen-bond donors (Lipinski definition) is 1. The molecule has 0 bridgehead atoms. The van der Waals surface area contributed by atoms with Crippen molar-refractivity contribution in [3.8, 4) is 17.2 Å². The lowest BCUT2D eigenvalue weighted by Crippen LogP contribution is -2.12. The van der Waals surface area contributed by atoms with Gasteiger partial charge in [-0.1, -0.05) is 28.1 Å². The van der Waals surface area contributed by atoms with Crippen molar-refractivity contribution in [1.82, 2.24) is 5.32 Å². The second-order valence-corrected chi connectivity index (χ2v) is 5.55. The zero-order valence-corrected chi connectivity index (χ0v) is 14.4. The topological polar surface area (TPSA) is 39.7 Å². The highest BCUT2D eigenvalue weighted by atomic mass is 79.9. The van der Waals surface area contributed by atoms with Crippen molar-refractivity contribution < 1.29 is 14.2 Å². The summed E-state index contributed by atoms with van der Waals surface area (Å²) in [6, 6.07) is 13.6. The van der Waals surface area contributed by atoms with Crippen molar-refractivity contribution >= 4 is 15.9 Å². The molecule has 4 nitrogen and oxygen atoms in total. The largest absolute Gasteiger partial charge is 0.493 e. The number of nitrogens with one attached hydrogen (secondary N) is 1. The molecule has 2 aromatic carbocycles. The average Bonchev–Trinajstić information content (AvgIpc) is 2.54. The summed E-state index contributed by atoms with van der Waals surface area (Å²) in [5.74, 6) is 2.31. The van der Waals surface area contributed by atoms with E-state index in [-0.39, 0.29) is 0 Å². The third-order valence-electron chi connectivity index (χ3n) is 3.06. The number of hydrogen-bond acceptors (Lipinski definition) is 4. The molecule has 0 aromatic heterocycles. The molecule has 0 atom stereocenters. The third-order valence-corrected chi connectivity index (χ3v) is 3.55. The standard InChI is InChI=1S/C17H20BrNO3/c1-19-12-13-11-14(18)7-8-15(13)21-9-10-22-17-6-4-3-5-16(17)20-2/h3-8,11,19H,9-10,12H2,1-2H3. The molecule has 2 aromatic rings. The molecular weight excluding hydrogens is 346 g/mol. The molecular formula is C17H20BrNO3. The van der Waals surface area contributed by atoms with Gasteiger partial charge in [0.15, 0.2) is 11.5 Å². The molecule has 118 valence electrons. The second kappa shape index (κ2) is 8.66. The normalized spacial score (nSPS) is 10.3. The van der Waals surface area contributed by atoms with Gasteiger partial charge in [-0.25, -0.2) is 0 Å². The van der Waals surface area contributed by atoms with Crippen LogP contribution in [-0.2, 0) is 6.54 Å². The molecule has 0 amide bonds. The Labute approximate surface area is 139 Å². The van der Waals surface area contributed by atoms with E-state index in [9.17, 15) is 0 Å². The molecule has 0 saturated heterocycles. The number of rotatable bonds is 8. The summed E-state index contributed by atoms with van der Waals surface area (Å²) in [7, 11) is 3.54. The Morgan fingerprint density at radius 3 is 2.32 bits per heavy atom. The van der Waals surface area contributed by atoms with Crippen LogP contribution in [0.4, 0.5) is 0 Å². The number of benzene rings is 2. The second-order valence-electron chi connectivity index (χ2n) is 4.63. The van der Waals surface area contributed by atoms with E-state index in [1.54, 1.807) is 7.11 Å². The van der Waals surface area contributed by atoms with Gasteiger partial charge in [-0.2, -0.15) is 0 Å². The maximum atomic E-state index is 5.81. The van der Waals surface area contributed by atoms with Crippen LogP contribution in [0.1, 0.15) is 5.56 Å². The summed E-state index contributed by atoms with van der Waals surface area (Å²) in [5, 5.41) is 3.13. The lowest BCUT2D eigenvalue weighted by molar-refractivity contribution is 0.210. The van der Waals surface area contributed by atoms with E-state index in [1.807, 2.05) is 49.5 Å². The molecule has 0 spiro atoms. The monoisotopic (exact) mass is 365 g/mol. The lowest BCUT2D eigenvalue weighted by Gasteiger charge is -2.13. The Morgan fingerprint density at radius 2 is 1.64 bits per heavy atom. The van der Waals surface area contributed by atoms with Crippen molar-refractivity contribution in [3.63, 3.8) is 0 Å². The van der Waals surface area contributed by atoms with Crippen molar-refractivity contribution in [3.05, 3.63) is 52.5 Å². The van der Waals surface area contributed by atoms with Gasteiger partial charge in [0.1, 0.15) is 19.0 Å².